The van der Waals surface area contributed by atoms with Crippen LogP contribution in [0.5, 0.6) is 0 Å². The predicted octanol–water partition coefficient (Wildman–Crippen LogP) is 0.862. The van der Waals surface area contributed by atoms with E-state index in [1.807, 2.05) is 6.92 Å². The van der Waals surface area contributed by atoms with Gasteiger partial charge in [0.1, 0.15) is 0 Å². The zero-order chi connectivity index (χ0) is 14.0. The van der Waals surface area contributed by atoms with E-state index in [4.69, 9.17) is 4.74 Å². The van der Waals surface area contributed by atoms with E-state index in [1.54, 1.807) is 17.9 Å². The molecule has 0 aliphatic carbocycles. The van der Waals surface area contributed by atoms with Gasteiger partial charge in [-0.1, -0.05) is 13.0 Å². The monoisotopic (exact) mass is 277 g/mol. The van der Waals surface area contributed by atoms with Crippen molar-refractivity contribution in [2.75, 3.05) is 37.7 Å². The number of nitrogens with zero attached hydrogens (tertiary/aromatic N) is 1. The Kier molecular flexibility index (Phi) is 8.66. The number of carbonyl (C=O) groups is 1. The Morgan fingerprint density at radius 2 is 2.00 bits per heavy atom. The van der Waals surface area contributed by atoms with Gasteiger partial charge in [-0.25, -0.2) is 8.42 Å². The Balaban J connectivity index is 4.27. The highest BCUT2D eigenvalue weighted by atomic mass is 32.2. The number of ether oxygens (including phenoxy) is 1. The van der Waals surface area contributed by atoms with Gasteiger partial charge in [-0.3, -0.25) is 9.69 Å². The van der Waals surface area contributed by atoms with Gasteiger partial charge in [0.2, 0.25) is 0 Å². The molecule has 0 amide bonds. The smallest absolute Gasteiger partial charge is 0.320 e. The lowest BCUT2D eigenvalue weighted by atomic mass is 10.4. The van der Waals surface area contributed by atoms with Gasteiger partial charge in [-0.2, -0.15) is 0 Å². The Hall–Kier alpha value is -0.880. The average molecular weight is 277 g/mol. The third-order valence-corrected chi connectivity index (χ3v) is 4.11. The van der Waals surface area contributed by atoms with E-state index in [2.05, 4.69) is 6.58 Å². The van der Waals surface area contributed by atoms with Crippen molar-refractivity contribution in [3.63, 3.8) is 0 Å². The Labute approximate surface area is 110 Å². The van der Waals surface area contributed by atoms with Crippen LogP contribution < -0.4 is 0 Å². The van der Waals surface area contributed by atoms with Crippen molar-refractivity contribution in [3.05, 3.63) is 12.7 Å². The molecule has 0 aliphatic rings. The summed E-state index contributed by atoms with van der Waals surface area (Å²) in [6, 6.07) is 0. The largest absolute Gasteiger partial charge is 0.465 e. The topological polar surface area (TPSA) is 63.7 Å². The van der Waals surface area contributed by atoms with Crippen LogP contribution in [-0.4, -0.2) is 57.0 Å². The summed E-state index contributed by atoms with van der Waals surface area (Å²) in [6.07, 6.45) is 2.26. The third kappa shape index (κ3) is 8.25. The van der Waals surface area contributed by atoms with Crippen molar-refractivity contribution in [3.8, 4) is 0 Å². The SMILES string of the molecule is C=CCN(CCS(=O)(=O)CCC)CC(=O)OCC. The second-order valence-corrected chi connectivity index (χ2v) is 6.28. The van der Waals surface area contributed by atoms with Crippen molar-refractivity contribution < 1.29 is 17.9 Å². The summed E-state index contributed by atoms with van der Waals surface area (Å²) in [6.45, 7) is 8.39. The summed E-state index contributed by atoms with van der Waals surface area (Å²) < 4.78 is 28.0. The maximum Gasteiger partial charge on any atom is 0.320 e. The molecule has 0 aromatic rings. The fourth-order valence-electron chi connectivity index (χ4n) is 1.49. The molecule has 6 heteroatoms. The lowest BCUT2D eigenvalue weighted by Gasteiger charge is -2.19. The summed E-state index contributed by atoms with van der Waals surface area (Å²) >= 11 is 0. The molecule has 0 aromatic heterocycles. The second-order valence-electron chi connectivity index (χ2n) is 3.98. The molecule has 0 spiro atoms. The number of carbonyl (C=O) groups excluding carboxylic acids is 1. The van der Waals surface area contributed by atoms with Gasteiger partial charge < -0.3 is 4.74 Å². The first-order valence-electron chi connectivity index (χ1n) is 6.14. The van der Waals surface area contributed by atoms with Crippen LogP contribution in [-0.2, 0) is 19.4 Å². The summed E-state index contributed by atoms with van der Waals surface area (Å²) in [5.74, 6) is -0.0881. The summed E-state index contributed by atoms with van der Waals surface area (Å²) in [5.41, 5.74) is 0. The van der Waals surface area contributed by atoms with E-state index < -0.39 is 9.84 Å². The van der Waals surface area contributed by atoms with Crippen LogP contribution in [0.25, 0.3) is 0 Å². The predicted molar refractivity (Wildman–Crippen MR) is 72.2 cm³/mol. The molecular weight excluding hydrogens is 254 g/mol. The molecule has 0 atom stereocenters. The lowest BCUT2D eigenvalue weighted by molar-refractivity contribution is -0.144. The van der Waals surface area contributed by atoms with Crippen molar-refractivity contribution in [2.45, 2.75) is 20.3 Å². The highest BCUT2D eigenvalue weighted by Gasteiger charge is 2.15. The number of hydrogen-bond acceptors (Lipinski definition) is 5. The van der Waals surface area contributed by atoms with Crippen LogP contribution in [0.15, 0.2) is 12.7 Å². The number of hydrogen-bond donors (Lipinski definition) is 0. The van der Waals surface area contributed by atoms with Crippen LogP contribution >= 0.6 is 0 Å². The van der Waals surface area contributed by atoms with Crippen LogP contribution in [0.1, 0.15) is 20.3 Å². The van der Waals surface area contributed by atoms with Gasteiger partial charge in [-0.15, -0.1) is 6.58 Å². The fourth-order valence-corrected chi connectivity index (χ4v) is 2.85. The van der Waals surface area contributed by atoms with E-state index in [0.717, 1.165) is 0 Å². The maximum atomic E-state index is 11.6. The van der Waals surface area contributed by atoms with Gasteiger partial charge in [0.15, 0.2) is 9.84 Å². The highest BCUT2D eigenvalue weighted by Crippen LogP contribution is 1.98. The maximum absolute atomic E-state index is 11.6. The van der Waals surface area contributed by atoms with Crippen LogP contribution in [0, 0.1) is 0 Å². The first kappa shape index (κ1) is 17.1. The van der Waals surface area contributed by atoms with Gasteiger partial charge >= 0.3 is 5.97 Å². The molecule has 0 aromatic carbocycles. The first-order valence-corrected chi connectivity index (χ1v) is 7.96. The highest BCUT2D eigenvalue weighted by molar-refractivity contribution is 7.91. The minimum Gasteiger partial charge on any atom is -0.465 e. The van der Waals surface area contributed by atoms with Crippen LogP contribution in [0.4, 0.5) is 0 Å². The molecule has 0 unspecified atom stereocenters. The molecule has 0 rings (SSSR count). The number of rotatable bonds is 10. The van der Waals surface area contributed by atoms with Gasteiger partial charge in [-0.05, 0) is 13.3 Å². The van der Waals surface area contributed by atoms with Crippen LogP contribution in [0.2, 0.25) is 0 Å². The van der Waals surface area contributed by atoms with E-state index in [1.165, 1.54) is 0 Å². The lowest BCUT2D eigenvalue weighted by Crippen LogP contribution is -2.35. The Morgan fingerprint density at radius 1 is 1.33 bits per heavy atom. The van der Waals surface area contributed by atoms with Crippen LogP contribution in [0.3, 0.4) is 0 Å². The molecule has 0 fully saturated rings. The Morgan fingerprint density at radius 3 is 2.50 bits per heavy atom. The molecular formula is C12H23NO4S. The quantitative estimate of drug-likeness (QED) is 0.438. The molecule has 5 nitrogen and oxygen atoms in total. The molecule has 0 heterocycles. The van der Waals surface area contributed by atoms with Crippen molar-refractivity contribution in [2.24, 2.45) is 0 Å². The zero-order valence-electron chi connectivity index (χ0n) is 11.2. The minimum absolute atomic E-state index is 0.0636. The number of esters is 1. The zero-order valence-corrected chi connectivity index (χ0v) is 12.0. The first-order chi connectivity index (χ1) is 8.45. The molecule has 106 valence electrons. The summed E-state index contributed by atoms with van der Waals surface area (Å²) in [5, 5.41) is 0. The molecule has 0 saturated heterocycles. The van der Waals surface area contributed by atoms with Crippen molar-refractivity contribution in [1.82, 2.24) is 4.90 Å². The molecule has 0 saturated carbocycles. The van der Waals surface area contributed by atoms with E-state index in [9.17, 15) is 13.2 Å². The minimum atomic E-state index is -3.02. The summed E-state index contributed by atoms with van der Waals surface area (Å²) in [7, 11) is -3.02. The van der Waals surface area contributed by atoms with Gasteiger partial charge in [0, 0.05) is 18.8 Å². The Bertz CT molecular complexity index is 351. The molecule has 18 heavy (non-hydrogen) atoms. The van der Waals surface area contributed by atoms with E-state index in [0.29, 0.717) is 26.1 Å². The third-order valence-electron chi connectivity index (χ3n) is 2.28. The van der Waals surface area contributed by atoms with E-state index >= 15 is 0 Å². The summed E-state index contributed by atoms with van der Waals surface area (Å²) in [4.78, 5) is 13.1. The molecule has 0 bridgehead atoms. The van der Waals surface area contributed by atoms with Gasteiger partial charge in [0.25, 0.3) is 0 Å². The molecule has 0 N–H and O–H groups in total. The molecule has 0 aliphatic heterocycles. The van der Waals surface area contributed by atoms with Gasteiger partial charge in [0.05, 0.1) is 18.9 Å². The van der Waals surface area contributed by atoms with Crippen molar-refractivity contribution in [1.29, 1.82) is 0 Å². The second kappa shape index (κ2) is 9.10. The normalized spacial score (nSPS) is 11.5. The van der Waals surface area contributed by atoms with Crippen molar-refractivity contribution >= 4 is 15.8 Å². The fraction of sp³-hybridized carbons (Fsp3) is 0.750. The molecule has 0 radical (unpaired) electrons. The standard InChI is InChI=1S/C12H23NO4S/c1-4-7-13(11-12(14)17-6-3)8-10-18(15,16)9-5-2/h4H,1,5-11H2,2-3H3. The average Bonchev–Trinajstić information content (AvgIpc) is 2.26. The number of sulfone groups is 1. The van der Waals surface area contributed by atoms with E-state index in [-0.39, 0.29) is 24.0 Å².